The average molecular weight is 1080 g/mol. The van der Waals surface area contributed by atoms with Crippen molar-refractivity contribution in [2.75, 3.05) is 13.2 Å². The summed E-state index contributed by atoms with van der Waals surface area (Å²) in [6.07, 6.45) is 66.6. The Morgan fingerprint density at radius 3 is 1.13 bits per heavy atom. The minimum absolute atomic E-state index is 0.134. The molecule has 0 aromatic rings. The smallest absolute Gasteiger partial charge is 0.220 e. The van der Waals surface area contributed by atoms with Crippen LogP contribution in [-0.2, 0) is 14.3 Å². The first-order valence-corrected chi connectivity index (χ1v) is 33.5. The quantitative estimate of drug-likeness (QED) is 0.0261. The molecule has 1 heterocycles. The standard InChI is InChI=1S/C67H129NO8/c1-3-5-7-9-11-13-15-17-19-21-23-25-27-29-31-33-35-37-39-41-43-45-47-49-51-53-55-57-63(71)68-60(59-75-67-66(74)65(73)64(72)62(58-69)76-67)61(70)56-54-52-50-48-46-44-42-40-38-36-34-32-30-28-26-24-22-20-18-16-14-12-10-8-6-4-2/h15,17,21,23,60-62,64-67,69-70,72-74H,3-14,16,18-20,22,24-59H2,1-2H3,(H,68,71)/b17-15-,23-21-. The van der Waals surface area contributed by atoms with E-state index in [4.69, 9.17) is 9.47 Å². The van der Waals surface area contributed by atoms with Gasteiger partial charge >= 0.3 is 0 Å². The average Bonchev–Trinajstić information content (AvgIpc) is 3.42. The van der Waals surface area contributed by atoms with Crippen molar-refractivity contribution in [3.05, 3.63) is 24.3 Å². The first kappa shape index (κ1) is 72.7. The Morgan fingerprint density at radius 2 is 0.776 bits per heavy atom. The number of allylic oxidation sites excluding steroid dienone is 4. The summed E-state index contributed by atoms with van der Waals surface area (Å²) in [5, 5.41) is 54.9. The van der Waals surface area contributed by atoms with E-state index in [1.165, 1.54) is 270 Å². The monoisotopic (exact) mass is 1080 g/mol. The Balaban J connectivity index is 2.13. The van der Waals surface area contributed by atoms with Gasteiger partial charge in [-0.1, -0.05) is 314 Å². The van der Waals surface area contributed by atoms with E-state index in [0.717, 1.165) is 44.9 Å². The van der Waals surface area contributed by atoms with Crippen LogP contribution in [0.2, 0.25) is 0 Å². The van der Waals surface area contributed by atoms with Crippen LogP contribution in [0.5, 0.6) is 0 Å². The third-order valence-electron chi connectivity index (χ3n) is 16.3. The molecular formula is C67H129NO8. The molecule has 1 aliphatic rings. The highest BCUT2D eigenvalue weighted by atomic mass is 16.7. The summed E-state index contributed by atoms with van der Waals surface area (Å²) in [6, 6.07) is -0.719. The van der Waals surface area contributed by atoms with Crippen molar-refractivity contribution < 1.29 is 39.8 Å². The summed E-state index contributed by atoms with van der Waals surface area (Å²) in [4.78, 5) is 13.1. The van der Waals surface area contributed by atoms with Gasteiger partial charge in [0.1, 0.15) is 24.4 Å². The summed E-state index contributed by atoms with van der Waals surface area (Å²) in [7, 11) is 0. The SMILES string of the molecule is CCCCCCC/C=C\C/C=C\CCCCCCCCCCCCCCCCCC(=O)NC(COC1OC(CO)C(O)C(O)C1O)C(O)CCCCCCCCCCCCCCCCCCCCCCCCCCCC. The summed E-state index contributed by atoms with van der Waals surface area (Å²) in [5.74, 6) is -0.138. The second kappa shape index (κ2) is 56.9. The molecule has 0 aromatic carbocycles. The molecule has 0 aliphatic carbocycles. The molecule has 1 saturated heterocycles. The lowest BCUT2D eigenvalue weighted by Crippen LogP contribution is -2.60. The maximum Gasteiger partial charge on any atom is 0.220 e. The predicted octanol–water partition coefficient (Wildman–Crippen LogP) is 17.7. The van der Waals surface area contributed by atoms with Gasteiger partial charge < -0.3 is 40.3 Å². The first-order chi connectivity index (χ1) is 37.3. The van der Waals surface area contributed by atoms with Crippen LogP contribution in [-0.4, -0.2) is 87.5 Å². The molecule has 9 nitrogen and oxygen atoms in total. The largest absolute Gasteiger partial charge is 0.394 e. The van der Waals surface area contributed by atoms with Crippen LogP contribution >= 0.6 is 0 Å². The molecule has 9 heteroatoms. The van der Waals surface area contributed by atoms with Gasteiger partial charge in [-0.15, -0.1) is 0 Å². The van der Waals surface area contributed by atoms with Gasteiger partial charge in [-0.3, -0.25) is 4.79 Å². The Labute approximate surface area is 470 Å². The number of unbranched alkanes of at least 4 members (excludes halogenated alkanes) is 45. The van der Waals surface area contributed by atoms with Crippen LogP contribution in [0.25, 0.3) is 0 Å². The molecule has 0 radical (unpaired) electrons. The lowest BCUT2D eigenvalue weighted by Gasteiger charge is -2.40. The molecule has 1 aliphatic heterocycles. The first-order valence-electron chi connectivity index (χ1n) is 33.5. The Bertz CT molecular complexity index is 1250. The van der Waals surface area contributed by atoms with Crippen molar-refractivity contribution in [3.8, 4) is 0 Å². The summed E-state index contributed by atoms with van der Waals surface area (Å²) >= 11 is 0. The highest BCUT2D eigenvalue weighted by Crippen LogP contribution is 2.24. The zero-order valence-electron chi connectivity index (χ0n) is 50.3. The zero-order valence-corrected chi connectivity index (χ0v) is 50.3. The maximum atomic E-state index is 13.1. The Morgan fingerprint density at radius 1 is 0.447 bits per heavy atom. The molecule has 0 spiro atoms. The maximum absolute atomic E-state index is 13.1. The molecule has 7 atom stereocenters. The van der Waals surface area contributed by atoms with E-state index in [-0.39, 0.29) is 12.5 Å². The minimum atomic E-state index is -1.55. The minimum Gasteiger partial charge on any atom is -0.394 e. The molecule has 1 rings (SSSR count). The van der Waals surface area contributed by atoms with Crippen molar-refractivity contribution >= 4 is 5.91 Å². The van der Waals surface area contributed by atoms with Crippen LogP contribution in [0.3, 0.4) is 0 Å². The zero-order chi connectivity index (χ0) is 55.0. The number of nitrogens with one attached hydrogen (secondary N) is 1. The van der Waals surface area contributed by atoms with Crippen molar-refractivity contribution in [3.63, 3.8) is 0 Å². The predicted molar refractivity (Wildman–Crippen MR) is 323 cm³/mol. The number of carbonyl (C=O) groups is 1. The number of ether oxygens (including phenoxy) is 2. The van der Waals surface area contributed by atoms with Gasteiger partial charge in [0.05, 0.1) is 25.4 Å². The molecule has 1 amide bonds. The fourth-order valence-corrected chi connectivity index (χ4v) is 11.0. The third-order valence-corrected chi connectivity index (χ3v) is 16.3. The molecule has 450 valence electrons. The molecule has 0 bridgehead atoms. The number of hydrogen-bond donors (Lipinski definition) is 6. The molecule has 1 fully saturated rings. The highest BCUT2D eigenvalue weighted by molar-refractivity contribution is 5.76. The van der Waals surface area contributed by atoms with Crippen LogP contribution in [0.1, 0.15) is 341 Å². The summed E-state index contributed by atoms with van der Waals surface area (Å²) in [5.41, 5.74) is 0. The van der Waals surface area contributed by atoms with E-state index in [1.54, 1.807) is 0 Å². The van der Waals surface area contributed by atoms with Gasteiger partial charge in [0.15, 0.2) is 6.29 Å². The van der Waals surface area contributed by atoms with E-state index in [0.29, 0.717) is 12.8 Å². The number of hydrogen-bond acceptors (Lipinski definition) is 8. The molecule has 0 aromatic heterocycles. The topological polar surface area (TPSA) is 149 Å². The Kier molecular flexibility index (Phi) is 54.4. The Hall–Kier alpha value is -1.33. The van der Waals surface area contributed by atoms with Gasteiger partial charge in [-0.05, 0) is 44.9 Å². The number of rotatable bonds is 59. The van der Waals surface area contributed by atoms with E-state index in [9.17, 15) is 30.3 Å². The normalized spacial score (nSPS) is 18.9. The second-order valence-corrected chi connectivity index (χ2v) is 23.6. The second-order valence-electron chi connectivity index (χ2n) is 23.6. The van der Waals surface area contributed by atoms with E-state index in [2.05, 4.69) is 43.5 Å². The van der Waals surface area contributed by atoms with Crippen LogP contribution in [0, 0.1) is 0 Å². The van der Waals surface area contributed by atoms with Crippen molar-refractivity contribution in [1.82, 2.24) is 5.32 Å². The van der Waals surface area contributed by atoms with E-state index < -0.39 is 49.5 Å². The fourth-order valence-electron chi connectivity index (χ4n) is 11.0. The van der Waals surface area contributed by atoms with E-state index >= 15 is 0 Å². The van der Waals surface area contributed by atoms with Gasteiger partial charge in [-0.2, -0.15) is 0 Å². The van der Waals surface area contributed by atoms with Crippen molar-refractivity contribution in [2.24, 2.45) is 0 Å². The summed E-state index contributed by atoms with van der Waals surface area (Å²) < 4.78 is 11.4. The summed E-state index contributed by atoms with van der Waals surface area (Å²) in [6.45, 7) is 3.88. The van der Waals surface area contributed by atoms with Gasteiger partial charge in [-0.25, -0.2) is 0 Å². The molecule has 7 unspecified atom stereocenters. The lowest BCUT2D eigenvalue weighted by molar-refractivity contribution is -0.302. The molecular weight excluding hydrogens is 947 g/mol. The fraction of sp³-hybridized carbons (Fsp3) is 0.925. The third kappa shape index (κ3) is 45.4. The van der Waals surface area contributed by atoms with Crippen molar-refractivity contribution in [1.29, 1.82) is 0 Å². The highest BCUT2D eigenvalue weighted by Gasteiger charge is 2.44. The molecule has 76 heavy (non-hydrogen) atoms. The van der Waals surface area contributed by atoms with Crippen LogP contribution in [0.4, 0.5) is 0 Å². The van der Waals surface area contributed by atoms with Gasteiger partial charge in [0.25, 0.3) is 0 Å². The van der Waals surface area contributed by atoms with Gasteiger partial charge in [0.2, 0.25) is 5.91 Å². The van der Waals surface area contributed by atoms with E-state index in [1.807, 2.05) is 0 Å². The van der Waals surface area contributed by atoms with Crippen molar-refractivity contribution in [2.45, 2.75) is 384 Å². The van der Waals surface area contributed by atoms with Crippen LogP contribution < -0.4 is 5.32 Å². The number of aliphatic hydroxyl groups is 5. The molecule has 0 saturated carbocycles. The van der Waals surface area contributed by atoms with Crippen LogP contribution in [0.15, 0.2) is 24.3 Å². The number of amides is 1. The number of carbonyl (C=O) groups excluding carboxylic acids is 1. The molecule has 6 N–H and O–H groups in total. The van der Waals surface area contributed by atoms with Gasteiger partial charge in [0, 0.05) is 6.42 Å². The lowest BCUT2D eigenvalue weighted by atomic mass is 9.99. The number of aliphatic hydroxyl groups excluding tert-OH is 5.